The van der Waals surface area contributed by atoms with Gasteiger partial charge in [-0.25, -0.2) is 0 Å². The van der Waals surface area contributed by atoms with Gasteiger partial charge in [-0.05, 0) is 19.8 Å². The molecule has 0 aromatic rings. The molecule has 0 aromatic carbocycles. The van der Waals surface area contributed by atoms with Crippen LogP contribution in [-0.2, 0) is 4.79 Å². The Morgan fingerprint density at radius 2 is 2.00 bits per heavy atom. The summed E-state index contributed by atoms with van der Waals surface area (Å²) < 4.78 is 0. The van der Waals surface area contributed by atoms with Crippen molar-refractivity contribution in [3.63, 3.8) is 0 Å². The van der Waals surface area contributed by atoms with Crippen LogP contribution >= 0.6 is 0 Å². The zero-order valence-corrected chi connectivity index (χ0v) is 7.06. The molecule has 0 amide bonds. The van der Waals surface area contributed by atoms with Crippen molar-refractivity contribution in [2.24, 2.45) is 11.8 Å². The number of carbonyl (C=O) groups excluding carboxylic acids is 1. The Labute approximate surface area is 62.1 Å². The van der Waals surface area contributed by atoms with Crippen LogP contribution in [0.25, 0.3) is 0 Å². The van der Waals surface area contributed by atoms with Crippen LogP contribution in [0.4, 0.5) is 0 Å². The molecular formula is C9H14O. The van der Waals surface area contributed by atoms with E-state index in [0.717, 1.165) is 0 Å². The first-order valence-corrected chi connectivity index (χ1v) is 3.76. The predicted octanol–water partition coefficient (Wildman–Crippen LogP) is 2.18. The second kappa shape index (κ2) is 2.22. The van der Waals surface area contributed by atoms with Crippen LogP contribution in [0, 0.1) is 11.8 Å². The highest BCUT2D eigenvalue weighted by Gasteiger charge is 2.37. The van der Waals surface area contributed by atoms with Crippen LogP contribution in [0.2, 0.25) is 0 Å². The lowest BCUT2D eigenvalue weighted by molar-refractivity contribution is -0.117. The first kappa shape index (κ1) is 7.52. The number of allylic oxidation sites excluding steroid dienone is 2. The smallest absolute Gasteiger partial charge is 0.140 e. The van der Waals surface area contributed by atoms with E-state index in [-0.39, 0.29) is 5.92 Å². The molecule has 0 radical (unpaired) electrons. The van der Waals surface area contributed by atoms with Crippen LogP contribution in [-0.4, -0.2) is 5.78 Å². The SMILES string of the molecule is CC(=O)C1C(C)=C1C(C)C. The zero-order valence-electron chi connectivity index (χ0n) is 7.06. The van der Waals surface area contributed by atoms with Crippen LogP contribution in [0.5, 0.6) is 0 Å². The second-order valence-electron chi connectivity index (χ2n) is 3.34. The average molecular weight is 138 g/mol. The molecule has 0 heterocycles. The highest BCUT2D eigenvalue weighted by molar-refractivity contribution is 5.89. The third-order valence-electron chi connectivity index (χ3n) is 2.14. The molecule has 0 aliphatic heterocycles. The van der Waals surface area contributed by atoms with Gasteiger partial charge in [0, 0.05) is 0 Å². The van der Waals surface area contributed by atoms with Crippen molar-refractivity contribution in [3.05, 3.63) is 11.1 Å². The maximum atomic E-state index is 10.9. The summed E-state index contributed by atoms with van der Waals surface area (Å²) in [5.41, 5.74) is 2.68. The summed E-state index contributed by atoms with van der Waals surface area (Å²) in [4.78, 5) is 10.9. The highest BCUT2D eigenvalue weighted by Crippen LogP contribution is 2.44. The molecule has 1 unspecified atom stereocenters. The van der Waals surface area contributed by atoms with Gasteiger partial charge >= 0.3 is 0 Å². The Bertz CT molecular complexity index is 199. The Morgan fingerprint density at radius 1 is 1.50 bits per heavy atom. The topological polar surface area (TPSA) is 17.1 Å². The first-order chi connectivity index (χ1) is 4.55. The minimum Gasteiger partial charge on any atom is -0.299 e. The van der Waals surface area contributed by atoms with Crippen molar-refractivity contribution in [2.75, 3.05) is 0 Å². The van der Waals surface area contributed by atoms with Crippen molar-refractivity contribution in [2.45, 2.75) is 27.7 Å². The fourth-order valence-corrected chi connectivity index (χ4v) is 1.67. The summed E-state index contributed by atoms with van der Waals surface area (Å²) in [5.74, 6) is 1.09. The molecule has 56 valence electrons. The number of carbonyl (C=O) groups is 1. The van der Waals surface area contributed by atoms with E-state index in [1.807, 2.05) is 0 Å². The predicted molar refractivity (Wildman–Crippen MR) is 41.7 cm³/mol. The van der Waals surface area contributed by atoms with Crippen LogP contribution in [0.1, 0.15) is 27.7 Å². The van der Waals surface area contributed by atoms with Gasteiger partial charge < -0.3 is 0 Å². The molecule has 0 spiro atoms. The summed E-state index contributed by atoms with van der Waals surface area (Å²) in [5, 5.41) is 0. The lowest BCUT2D eigenvalue weighted by Crippen LogP contribution is -1.99. The fraction of sp³-hybridized carbons (Fsp3) is 0.667. The summed E-state index contributed by atoms with van der Waals surface area (Å²) in [6, 6.07) is 0. The van der Waals surface area contributed by atoms with E-state index in [9.17, 15) is 4.79 Å². The molecule has 0 bridgehead atoms. The summed E-state index contributed by atoms with van der Waals surface area (Å²) >= 11 is 0. The molecule has 1 aliphatic rings. The van der Waals surface area contributed by atoms with Crippen LogP contribution in [0.15, 0.2) is 11.1 Å². The maximum Gasteiger partial charge on any atom is 0.140 e. The van der Waals surface area contributed by atoms with E-state index in [0.29, 0.717) is 11.7 Å². The fourth-order valence-electron chi connectivity index (χ4n) is 1.67. The molecule has 0 aromatic heterocycles. The molecular weight excluding hydrogens is 124 g/mol. The average Bonchev–Trinajstić information content (AvgIpc) is 2.40. The number of rotatable bonds is 2. The summed E-state index contributed by atoms with van der Waals surface area (Å²) in [6.45, 7) is 8.01. The Kier molecular flexibility index (Phi) is 1.67. The van der Waals surface area contributed by atoms with Gasteiger partial charge in [-0.2, -0.15) is 0 Å². The number of Topliss-reactive ketones (excluding diaryl/α,β-unsaturated/α-hetero) is 1. The zero-order chi connectivity index (χ0) is 7.89. The molecule has 1 heteroatoms. The molecule has 10 heavy (non-hydrogen) atoms. The second-order valence-corrected chi connectivity index (χ2v) is 3.34. The Balaban J connectivity index is 2.60. The number of hydrogen-bond donors (Lipinski definition) is 0. The van der Waals surface area contributed by atoms with E-state index < -0.39 is 0 Å². The highest BCUT2D eigenvalue weighted by atomic mass is 16.1. The molecule has 0 saturated carbocycles. The molecule has 1 atom stereocenters. The Hall–Kier alpha value is -0.590. The van der Waals surface area contributed by atoms with E-state index in [1.54, 1.807) is 6.92 Å². The van der Waals surface area contributed by atoms with Crippen LogP contribution < -0.4 is 0 Å². The number of hydrogen-bond acceptors (Lipinski definition) is 1. The molecule has 1 nitrogen and oxygen atoms in total. The maximum absolute atomic E-state index is 10.9. The third kappa shape index (κ3) is 1.00. The summed E-state index contributed by atoms with van der Waals surface area (Å²) in [7, 11) is 0. The first-order valence-electron chi connectivity index (χ1n) is 3.76. The van der Waals surface area contributed by atoms with Crippen LogP contribution in [0.3, 0.4) is 0 Å². The van der Waals surface area contributed by atoms with Gasteiger partial charge in [-0.1, -0.05) is 25.0 Å². The van der Waals surface area contributed by atoms with Gasteiger partial charge in [0.1, 0.15) is 5.78 Å². The molecule has 0 fully saturated rings. The van der Waals surface area contributed by atoms with Gasteiger partial charge in [0.05, 0.1) is 5.92 Å². The van der Waals surface area contributed by atoms with Crippen molar-refractivity contribution in [1.82, 2.24) is 0 Å². The minimum absolute atomic E-state index is 0.222. The standard InChI is InChI=1S/C9H14O/c1-5(2)8-6(3)9(8)7(4)10/h5,9H,1-4H3. The normalized spacial score (nSPS) is 23.9. The largest absolute Gasteiger partial charge is 0.299 e. The third-order valence-corrected chi connectivity index (χ3v) is 2.14. The van der Waals surface area contributed by atoms with Gasteiger partial charge in [0.2, 0.25) is 0 Å². The number of ketones is 1. The van der Waals surface area contributed by atoms with Crippen molar-refractivity contribution < 1.29 is 4.79 Å². The van der Waals surface area contributed by atoms with E-state index in [2.05, 4.69) is 20.8 Å². The lowest BCUT2D eigenvalue weighted by atomic mass is 10.1. The lowest BCUT2D eigenvalue weighted by Gasteiger charge is -1.97. The van der Waals surface area contributed by atoms with Gasteiger partial charge in [-0.15, -0.1) is 0 Å². The van der Waals surface area contributed by atoms with Crippen molar-refractivity contribution in [1.29, 1.82) is 0 Å². The molecule has 0 saturated heterocycles. The Morgan fingerprint density at radius 3 is 2.10 bits per heavy atom. The van der Waals surface area contributed by atoms with Gasteiger partial charge in [0.15, 0.2) is 0 Å². The minimum atomic E-state index is 0.222. The van der Waals surface area contributed by atoms with E-state index in [4.69, 9.17) is 0 Å². The van der Waals surface area contributed by atoms with E-state index >= 15 is 0 Å². The van der Waals surface area contributed by atoms with E-state index in [1.165, 1.54) is 11.1 Å². The van der Waals surface area contributed by atoms with Gasteiger partial charge in [-0.3, -0.25) is 4.79 Å². The van der Waals surface area contributed by atoms with Crippen molar-refractivity contribution >= 4 is 5.78 Å². The molecule has 1 rings (SSSR count). The molecule has 0 N–H and O–H groups in total. The monoisotopic (exact) mass is 138 g/mol. The van der Waals surface area contributed by atoms with Gasteiger partial charge in [0.25, 0.3) is 0 Å². The van der Waals surface area contributed by atoms with Crippen molar-refractivity contribution in [3.8, 4) is 0 Å². The molecule has 1 aliphatic carbocycles. The quantitative estimate of drug-likeness (QED) is 0.534. The summed E-state index contributed by atoms with van der Waals surface area (Å²) in [6.07, 6.45) is 0.